The molecule has 0 spiro atoms. The highest BCUT2D eigenvalue weighted by Gasteiger charge is 2.36. The summed E-state index contributed by atoms with van der Waals surface area (Å²) in [6, 6.07) is 13.0. The van der Waals surface area contributed by atoms with Gasteiger partial charge in [-0.15, -0.1) is 0 Å². The van der Waals surface area contributed by atoms with Gasteiger partial charge in [0.05, 0.1) is 11.1 Å². The Hall–Kier alpha value is -3.13. The number of imide groups is 1. The maximum atomic E-state index is 12.3. The average Bonchev–Trinajstić information content (AvgIpc) is 2.85. The highest BCUT2D eigenvalue weighted by Crippen LogP contribution is 2.21. The summed E-state index contributed by atoms with van der Waals surface area (Å²) in [4.78, 5) is 36.8. The molecule has 126 valence electrons. The Bertz CT molecular complexity index is 845. The van der Waals surface area contributed by atoms with Crippen LogP contribution in [0.5, 0.6) is 0 Å². The van der Waals surface area contributed by atoms with Crippen LogP contribution in [-0.2, 0) is 5.75 Å². The number of hydrogen-bond donors (Lipinski definition) is 3. The normalized spacial score (nSPS) is 12.9. The lowest BCUT2D eigenvalue weighted by molar-refractivity contribution is 0.0518. The van der Waals surface area contributed by atoms with Crippen molar-refractivity contribution >= 4 is 34.7 Å². The first kappa shape index (κ1) is 16.7. The lowest BCUT2D eigenvalue weighted by atomic mass is 10.1. The molecule has 3 amide bonds. The van der Waals surface area contributed by atoms with E-state index >= 15 is 0 Å². The van der Waals surface area contributed by atoms with Gasteiger partial charge in [-0.3, -0.25) is 25.2 Å². The van der Waals surface area contributed by atoms with Crippen LogP contribution in [0, 0.1) is 5.41 Å². The molecule has 4 N–H and O–H groups in total. The molecule has 3 rings (SSSR count). The number of carbonyl (C=O) groups excluding carboxylic acids is 3. The number of nitrogens with one attached hydrogen (secondary N) is 2. The highest BCUT2D eigenvalue weighted by molar-refractivity contribution is 8.13. The van der Waals surface area contributed by atoms with E-state index in [1.54, 1.807) is 48.5 Å². The van der Waals surface area contributed by atoms with Crippen molar-refractivity contribution in [3.05, 3.63) is 70.8 Å². The molecule has 1 heterocycles. The van der Waals surface area contributed by atoms with Crippen molar-refractivity contribution in [2.75, 3.05) is 0 Å². The molecule has 0 radical (unpaired) electrons. The Morgan fingerprint density at radius 3 is 2.12 bits per heavy atom. The van der Waals surface area contributed by atoms with Crippen molar-refractivity contribution in [2.24, 2.45) is 5.73 Å². The average molecular weight is 354 g/mol. The minimum Gasteiger partial charge on any atom is -0.379 e. The maximum absolute atomic E-state index is 12.3. The summed E-state index contributed by atoms with van der Waals surface area (Å²) in [5.74, 6) is -1.14. The van der Waals surface area contributed by atoms with E-state index in [1.165, 1.54) is 11.8 Å². The predicted molar refractivity (Wildman–Crippen MR) is 94.1 cm³/mol. The molecule has 0 fully saturated rings. The molecular weight excluding hydrogens is 340 g/mol. The van der Waals surface area contributed by atoms with Crippen LogP contribution in [-0.4, -0.2) is 27.9 Å². The molecule has 1 aliphatic rings. The van der Waals surface area contributed by atoms with E-state index < -0.39 is 17.7 Å². The number of amidine groups is 1. The Morgan fingerprint density at radius 1 is 1.04 bits per heavy atom. The van der Waals surface area contributed by atoms with Crippen LogP contribution in [0.25, 0.3) is 0 Å². The van der Waals surface area contributed by atoms with E-state index in [4.69, 9.17) is 11.1 Å². The predicted octanol–water partition coefficient (Wildman–Crippen LogP) is 1.75. The Labute approximate surface area is 147 Å². The van der Waals surface area contributed by atoms with Crippen LogP contribution in [0.4, 0.5) is 0 Å². The number of rotatable bonds is 4. The minimum absolute atomic E-state index is 0.0208. The lowest BCUT2D eigenvalue weighted by Gasteiger charge is -2.15. The van der Waals surface area contributed by atoms with Gasteiger partial charge in [0.2, 0.25) is 0 Å². The standard InChI is InChI=1S/C17H14N4O3S/c18-17(19)25-9-10-5-7-11(8-6-10)14(22)20-21-15(23)12-3-1-2-4-13(12)16(21)24/h1-8H,9H2,(H3,18,19)(H,20,22). The van der Waals surface area contributed by atoms with E-state index in [1.807, 2.05) is 0 Å². The van der Waals surface area contributed by atoms with E-state index in [0.717, 1.165) is 10.6 Å². The van der Waals surface area contributed by atoms with Crippen LogP contribution < -0.4 is 11.2 Å². The molecule has 8 heteroatoms. The molecule has 25 heavy (non-hydrogen) atoms. The van der Waals surface area contributed by atoms with Gasteiger partial charge in [0.1, 0.15) is 0 Å². The molecule has 1 aliphatic heterocycles. The van der Waals surface area contributed by atoms with Gasteiger partial charge in [-0.05, 0) is 29.8 Å². The number of fused-ring (bicyclic) bond motifs is 1. The Balaban J connectivity index is 1.70. The first-order valence-corrected chi connectivity index (χ1v) is 8.30. The number of hydrogen-bond acceptors (Lipinski definition) is 5. The third-order valence-corrected chi connectivity index (χ3v) is 4.41. The van der Waals surface area contributed by atoms with Crippen molar-refractivity contribution in [3.63, 3.8) is 0 Å². The molecule has 0 atom stereocenters. The summed E-state index contributed by atoms with van der Waals surface area (Å²) in [6.07, 6.45) is 0. The number of thioether (sulfide) groups is 1. The number of amides is 3. The summed E-state index contributed by atoms with van der Waals surface area (Å²) < 4.78 is 0. The second-order valence-electron chi connectivity index (χ2n) is 5.28. The fraction of sp³-hybridized carbons (Fsp3) is 0.0588. The van der Waals surface area contributed by atoms with Crippen molar-refractivity contribution in [2.45, 2.75) is 5.75 Å². The fourth-order valence-electron chi connectivity index (χ4n) is 2.37. The van der Waals surface area contributed by atoms with Gasteiger partial charge in [0.15, 0.2) is 5.17 Å². The van der Waals surface area contributed by atoms with Gasteiger partial charge < -0.3 is 5.73 Å². The zero-order valence-corrected chi connectivity index (χ0v) is 13.8. The van der Waals surface area contributed by atoms with Crippen molar-refractivity contribution in [1.82, 2.24) is 10.4 Å². The number of nitrogens with two attached hydrogens (primary N) is 1. The topological polar surface area (TPSA) is 116 Å². The van der Waals surface area contributed by atoms with E-state index in [9.17, 15) is 14.4 Å². The molecule has 0 aromatic heterocycles. The summed E-state index contributed by atoms with van der Waals surface area (Å²) in [5, 5.41) is 7.93. The molecule has 0 unspecified atom stereocenters. The van der Waals surface area contributed by atoms with E-state index in [0.29, 0.717) is 11.3 Å². The van der Waals surface area contributed by atoms with Gasteiger partial charge in [0.25, 0.3) is 17.7 Å². The summed E-state index contributed by atoms with van der Waals surface area (Å²) in [7, 11) is 0. The van der Waals surface area contributed by atoms with Crippen LogP contribution in [0.2, 0.25) is 0 Å². The lowest BCUT2D eigenvalue weighted by Crippen LogP contribution is -2.45. The SMILES string of the molecule is N=C(N)SCc1ccc(C(=O)NN2C(=O)c3ccccc3C2=O)cc1. The van der Waals surface area contributed by atoms with Gasteiger partial charge in [-0.1, -0.05) is 36.0 Å². The van der Waals surface area contributed by atoms with Gasteiger partial charge in [0, 0.05) is 11.3 Å². The third-order valence-electron chi connectivity index (χ3n) is 3.62. The molecule has 0 aliphatic carbocycles. The quantitative estimate of drug-likeness (QED) is 0.439. The van der Waals surface area contributed by atoms with Gasteiger partial charge in [-0.2, -0.15) is 5.01 Å². The van der Waals surface area contributed by atoms with Crippen LogP contribution in [0.1, 0.15) is 36.6 Å². The molecule has 0 bridgehead atoms. The van der Waals surface area contributed by atoms with Crippen LogP contribution in [0.15, 0.2) is 48.5 Å². The Kier molecular flexibility index (Phi) is 4.53. The van der Waals surface area contributed by atoms with Crippen molar-refractivity contribution in [3.8, 4) is 0 Å². The number of benzene rings is 2. The highest BCUT2D eigenvalue weighted by atomic mass is 32.2. The number of nitrogens with zero attached hydrogens (tertiary/aromatic N) is 1. The van der Waals surface area contributed by atoms with Gasteiger partial charge >= 0.3 is 0 Å². The second-order valence-corrected chi connectivity index (χ2v) is 6.30. The monoisotopic (exact) mass is 354 g/mol. The van der Waals surface area contributed by atoms with Crippen molar-refractivity contribution in [1.29, 1.82) is 5.41 Å². The van der Waals surface area contributed by atoms with E-state index in [2.05, 4.69) is 5.43 Å². The summed E-state index contributed by atoms with van der Waals surface area (Å²) >= 11 is 1.18. The van der Waals surface area contributed by atoms with E-state index in [-0.39, 0.29) is 16.3 Å². The number of hydrazine groups is 1. The molecule has 0 saturated heterocycles. The molecule has 2 aromatic rings. The fourth-order valence-corrected chi connectivity index (χ4v) is 2.88. The summed E-state index contributed by atoms with van der Waals surface area (Å²) in [6.45, 7) is 0. The molecule has 2 aromatic carbocycles. The first-order chi connectivity index (χ1) is 12.0. The minimum atomic E-state index is -0.555. The molecular formula is C17H14N4O3S. The van der Waals surface area contributed by atoms with Crippen LogP contribution >= 0.6 is 11.8 Å². The van der Waals surface area contributed by atoms with Gasteiger partial charge in [-0.25, -0.2) is 0 Å². The van der Waals surface area contributed by atoms with Crippen LogP contribution in [0.3, 0.4) is 0 Å². The Morgan fingerprint density at radius 2 is 1.60 bits per heavy atom. The maximum Gasteiger partial charge on any atom is 0.280 e. The zero-order valence-electron chi connectivity index (χ0n) is 13.0. The largest absolute Gasteiger partial charge is 0.379 e. The third kappa shape index (κ3) is 3.38. The smallest absolute Gasteiger partial charge is 0.280 e. The zero-order chi connectivity index (χ0) is 18.0. The number of carbonyl (C=O) groups is 3. The second kappa shape index (κ2) is 6.78. The summed E-state index contributed by atoms with van der Waals surface area (Å²) in [5.41, 5.74) is 9.38. The molecule has 7 nitrogen and oxygen atoms in total. The molecule has 0 saturated carbocycles. The first-order valence-electron chi connectivity index (χ1n) is 7.32. The van der Waals surface area contributed by atoms with Crippen molar-refractivity contribution < 1.29 is 14.4 Å².